The molecule has 0 saturated heterocycles. The number of aliphatic carboxylic acids is 2. The molecule has 5 heteroatoms. The first-order valence-corrected chi connectivity index (χ1v) is 10.8. The Balaban J connectivity index is 2.22. The molecule has 0 atom stereocenters. The number of hydrogen-bond donors (Lipinski definition) is 3. The molecule has 3 N–H and O–H groups in total. The lowest BCUT2D eigenvalue weighted by Crippen LogP contribution is -2.35. The molecule has 0 unspecified atom stereocenters. The number of allylic oxidation sites excluding steroid dienone is 1. The van der Waals surface area contributed by atoms with Crippen LogP contribution in [-0.2, 0) is 22.6 Å². The number of carbonyl (C=O) groups is 2. The van der Waals surface area contributed by atoms with E-state index in [2.05, 4.69) is 36.5 Å². The molecule has 0 saturated carbocycles. The van der Waals surface area contributed by atoms with Gasteiger partial charge in [-0.25, -0.2) is 0 Å². The van der Waals surface area contributed by atoms with E-state index in [0.29, 0.717) is 6.54 Å². The van der Waals surface area contributed by atoms with Crippen LogP contribution >= 0.6 is 0 Å². The molecule has 0 bridgehead atoms. The summed E-state index contributed by atoms with van der Waals surface area (Å²) in [7, 11) is 0. The van der Waals surface area contributed by atoms with E-state index in [0.717, 1.165) is 13.0 Å². The Morgan fingerprint density at radius 3 is 2.03 bits per heavy atom. The van der Waals surface area contributed by atoms with Crippen LogP contribution < -0.4 is 5.32 Å². The molecule has 0 spiro atoms. The maximum absolute atomic E-state index is 11.1. The summed E-state index contributed by atoms with van der Waals surface area (Å²) >= 11 is 0. The molecule has 1 aromatic carbocycles. The number of unbranched alkanes of at least 4 members (excludes halogenated alkanes) is 6. The molecular formula is C24H37NO4. The predicted octanol–water partition coefficient (Wildman–Crippen LogP) is 5.19. The maximum atomic E-state index is 11.1. The van der Waals surface area contributed by atoms with E-state index >= 15 is 0 Å². The van der Waals surface area contributed by atoms with E-state index in [1.54, 1.807) is 12.2 Å². The van der Waals surface area contributed by atoms with Crippen molar-refractivity contribution < 1.29 is 19.8 Å². The van der Waals surface area contributed by atoms with E-state index in [1.807, 2.05) is 0 Å². The Bertz CT molecular complexity index is 623. The highest BCUT2D eigenvalue weighted by Crippen LogP contribution is 2.22. The minimum atomic E-state index is -1.78. The standard InChI is InChI=1S/C24H37NO4/c1-3-4-5-6-7-8-9-12-20-13-15-21(16-14-20)19-25-18-11-10-17-24(2,22(26)27)23(28)29/h10-11,13-16,25H,3-9,12,17-19H2,1-2H3,(H,26,27)(H,28,29). The van der Waals surface area contributed by atoms with Gasteiger partial charge in [0.15, 0.2) is 5.41 Å². The molecule has 1 rings (SSSR count). The summed E-state index contributed by atoms with van der Waals surface area (Å²) in [6, 6.07) is 8.66. The lowest BCUT2D eigenvalue weighted by molar-refractivity contribution is -0.162. The largest absolute Gasteiger partial charge is 0.480 e. The van der Waals surface area contributed by atoms with E-state index in [4.69, 9.17) is 10.2 Å². The highest BCUT2D eigenvalue weighted by atomic mass is 16.4. The molecule has 0 aliphatic carbocycles. The predicted molar refractivity (Wildman–Crippen MR) is 117 cm³/mol. The molecule has 0 aliphatic heterocycles. The first-order valence-electron chi connectivity index (χ1n) is 10.8. The second-order valence-corrected chi connectivity index (χ2v) is 7.94. The zero-order valence-electron chi connectivity index (χ0n) is 18.0. The minimum absolute atomic E-state index is 0.0351. The minimum Gasteiger partial charge on any atom is -0.480 e. The zero-order valence-corrected chi connectivity index (χ0v) is 18.0. The van der Waals surface area contributed by atoms with Gasteiger partial charge in [0.2, 0.25) is 0 Å². The lowest BCUT2D eigenvalue weighted by Gasteiger charge is -2.17. The first-order chi connectivity index (χ1) is 13.9. The zero-order chi connectivity index (χ0) is 21.5. The van der Waals surface area contributed by atoms with Crippen LogP contribution in [0.5, 0.6) is 0 Å². The smallest absolute Gasteiger partial charge is 0.321 e. The van der Waals surface area contributed by atoms with Gasteiger partial charge in [-0.1, -0.05) is 81.9 Å². The summed E-state index contributed by atoms with van der Waals surface area (Å²) in [5, 5.41) is 21.4. The summed E-state index contributed by atoms with van der Waals surface area (Å²) < 4.78 is 0. The molecular weight excluding hydrogens is 366 g/mol. The van der Waals surface area contributed by atoms with Crippen LogP contribution in [0.4, 0.5) is 0 Å². The summed E-state index contributed by atoms with van der Waals surface area (Å²) in [6.45, 7) is 4.75. The molecule has 0 aromatic heterocycles. The Morgan fingerprint density at radius 2 is 1.45 bits per heavy atom. The maximum Gasteiger partial charge on any atom is 0.321 e. The van der Waals surface area contributed by atoms with Crippen molar-refractivity contribution in [2.45, 2.75) is 78.2 Å². The van der Waals surface area contributed by atoms with Gasteiger partial charge in [0.25, 0.3) is 0 Å². The molecule has 29 heavy (non-hydrogen) atoms. The van der Waals surface area contributed by atoms with Gasteiger partial charge in [-0.15, -0.1) is 0 Å². The van der Waals surface area contributed by atoms with Crippen LogP contribution in [-0.4, -0.2) is 28.7 Å². The molecule has 1 aromatic rings. The van der Waals surface area contributed by atoms with Gasteiger partial charge in [0, 0.05) is 13.1 Å². The Labute approximate surface area is 175 Å². The molecule has 5 nitrogen and oxygen atoms in total. The average molecular weight is 404 g/mol. The number of aryl methyl sites for hydroxylation is 1. The number of benzene rings is 1. The third-order valence-corrected chi connectivity index (χ3v) is 5.32. The SMILES string of the molecule is CCCCCCCCCc1ccc(CNCC=CCC(C)(C(=O)O)C(=O)O)cc1. The summed E-state index contributed by atoms with van der Waals surface area (Å²) in [5.41, 5.74) is 0.799. The number of carboxylic acid groups (broad SMARTS) is 2. The number of hydrogen-bond acceptors (Lipinski definition) is 3. The number of nitrogens with one attached hydrogen (secondary N) is 1. The van der Waals surface area contributed by atoms with Crippen molar-refractivity contribution in [1.29, 1.82) is 0 Å². The Kier molecular flexibility index (Phi) is 12.0. The van der Waals surface area contributed by atoms with E-state index in [-0.39, 0.29) is 6.42 Å². The van der Waals surface area contributed by atoms with Crippen LogP contribution in [0.25, 0.3) is 0 Å². The summed E-state index contributed by atoms with van der Waals surface area (Å²) in [5.74, 6) is -2.64. The van der Waals surface area contributed by atoms with Gasteiger partial charge in [0.1, 0.15) is 0 Å². The van der Waals surface area contributed by atoms with Gasteiger partial charge in [-0.3, -0.25) is 9.59 Å². The van der Waals surface area contributed by atoms with Crippen molar-refractivity contribution in [2.24, 2.45) is 5.41 Å². The van der Waals surface area contributed by atoms with E-state index in [9.17, 15) is 9.59 Å². The second kappa shape index (κ2) is 13.9. The number of rotatable bonds is 16. The third-order valence-electron chi connectivity index (χ3n) is 5.32. The van der Waals surface area contributed by atoms with Gasteiger partial charge < -0.3 is 15.5 Å². The van der Waals surface area contributed by atoms with Crippen LogP contribution in [0.1, 0.15) is 76.3 Å². The Hall–Kier alpha value is -2.14. The fourth-order valence-electron chi connectivity index (χ4n) is 3.08. The van der Waals surface area contributed by atoms with E-state index < -0.39 is 17.4 Å². The highest BCUT2D eigenvalue weighted by molar-refractivity contribution is 5.97. The van der Waals surface area contributed by atoms with Gasteiger partial charge in [-0.2, -0.15) is 0 Å². The van der Waals surface area contributed by atoms with Crippen LogP contribution in [0.3, 0.4) is 0 Å². The van der Waals surface area contributed by atoms with Crippen LogP contribution in [0.2, 0.25) is 0 Å². The molecule has 0 aliphatic rings. The van der Waals surface area contributed by atoms with Crippen molar-refractivity contribution in [3.8, 4) is 0 Å². The van der Waals surface area contributed by atoms with Crippen LogP contribution in [0.15, 0.2) is 36.4 Å². The van der Waals surface area contributed by atoms with Gasteiger partial charge in [-0.05, 0) is 37.3 Å². The molecule has 162 valence electrons. The Morgan fingerprint density at radius 1 is 0.897 bits per heavy atom. The van der Waals surface area contributed by atoms with Crippen molar-refractivity contribution in [3.63, 3.8) is 0 Å². The van der Waals surface area contributed by atoms with Gasteiger partial charge in [0.05, 0.1) is 0 Å². The first kappa shape index (κ1) is 24.9. The quantitative estimate of drug-likeness (QED) is 0.201. The second-order valence-electron chi connectivity index (χ2n) is 7.94. The normalized spacial score (nSPS) is 11.8. The monoisotopic (exact) mass is 403 g/mol. The average Bonchev–Trinajstić information content (AvgIpc) is 2.70. The fraction of sp³-hybridized carbons (Fsp3) is 0.583. The van der Waals surface area contributed by atoms with Crippen molar-refractivity contribution >= 4 is 11.9 Å². The van der Waals surface area contributed by atoms with Crippen molar-refractivity contribution in [3.05, 3.63) is 47.5 Å². The third kappa shape index (κ3) is 9.75. The van der Waals surface area contributed by atoms with Crippen molar-refractivity contribution in [2.75, 3.05) is 6.54 Å². The molecule has 0 heterocycles. The molecule has 0 radical (unpaired) electrons. The highest BCUT2D eigenvalue weighted by Gasteiger charge is 2.40. The van der Waals surface area contributed by atoms with Gasteiger partial charge >= 0.3 is 11.9 Å². The van der Waals surface area contributed by atoms with Crippen molar-refractivity contribution in [1.82, 2.24) is 5.32 Å². The lowest BCUT2D eigenvalue weighted by atomic mass is 9.87. The number of carboxylic acids is 2. The van der Waals surface area contributed by atoms with E-state index in [1.165, 1.54) is 63.0 Å². The summed E-state index contributed by atoms with van der Waals surface area (Å²) in [4.78, 5) is 22.2. The fourth-order valence-corrected chi connectivity index (χ4v) is 3.08. The molecule has 0 fully saturated rings. The summed E-state index contributed by atoms with van der Waals surface area (Å²) in [6.07, 6.45) is 13.8. The van der Waals surface area contributed by atoms with Crippen LogP contribution in [0, 0.1) is 5.41 Å². The topological polar surface area (TPSA) is 86.6 Å². The molecule has 0 amide bonds.